The number of carbonyl (C=O) groups is 1. The summed E-state index contributed by atoms with van der Waals surface area (Å²) < 4.78 is 7.58. The lowest BCUT2D eigenvalue weighted by Gasteiger charge is -2.11. The van der Waals surface area contributed by atoms with Crippen LogP contribution in [0.5, 0.6) is 5.75 Å². The van der Waals surface area contributed by atoms with Crippen LogP contribution in [0, 0.1) is 13.8 Å². The van der Waals surface area contributed by atoms with Crippen LogP contribution in [0.15, 0.2) is 47.6 Å². The van der Waals surface area contributed by atoms with Crippen LogP contribution in [0.25, 0.3) is 0 Å². The summed E-state index contributed by atoms with van der Waals surface area (Å²) in [4.78, 5) is 12.8. The molecule has 2 aromatic carbocycles. The normalized spacial score (nSPS) is 12.0. The van der Waals surface area contributed by atoms with Crippen molar-refractivity contribution in [1.29, 1.82) is 0 Å². The molecule has 1 atom stereocenters. The fourth-order valence-corrected chi connectivity index (χ4v) is 3.63. The van der Waals surface area contributed by atoms with Crippen molar-refractivity contribution < 1.29 is 9.53 Å². The summed E-state index contributed by atoms with van der Waals surface area (Å²) in [6, 6.07) is 13.0. The molecule has 0 N–H and O–H groups in total. The molecule has 146 valence electrons. The second kappa shape index (κ2) is 8.80. The third-order valence-corrected chi connectivity index (χ3v) is 5.94. The molecule has 0 bridgehead atoms. The Kier molecular flexibility index (Phi) is 6.42. The van der Waals surface area contributed by atoms with Crippen molar-refractivity contribution in [3.8, 4) is 5.75 Å². The quantitative estimate of drug-likeness (QED) is 0.400. The molecule has 7 heteroatoms. The van der Waals surface area contributed by atoms with E-state index in [1.807, 2.05) is 50.6 Å². The third-order valence-electron chi connectivity index (χ3n) is 4.55. The van der Waals surface area contributed by atoms with Gasteiger partial charge in [-0.2, -0.15) is 0 Å². The van der Waals surface area contributed by atoms with Crippen LogP contribution in [-0.4, -0.2) is 25.8 Å². The SMILES string of the molecule is Cc1ccc(C(=O)[C@@H](C)Sc2nnc(COc3ccc(Cl)cc3)n2C)cc1C. The number of thioether (sulfide) groups is 1. The highest BCUT2D eigenvalue weighted by molar-refractivity contribution is 8.00. The maximum Gasteiger partial charge on any atom is 0.191 e. The molecule has 28 heavy (non-hydrogen) atoms. The Labute approximate surface area is 174 Å². The third kappa shape index (κ3) is 4.75. The smallest absolute Gasteiger partial charge is 0.191 e. The minimum absolute atomic E-state index is 0.0788. The predicted molar refractivity (Wildman–Crippen MR) is 112 cm³/mol. The van der Waals surface area contributed by atoms with E-state index >= 15 is 0 Å². The minimum Gasteiger partial charge on any atom is -0.486 e. The van der Waals surface area contributed by atoms with Gasteiger partial charge in [0.2, 0.25) is 0 Å². The first-order valence-electron chi connectivity index (χ1n) is 8.90. The minimum atomic E-state index is -0.268. The summed E-state index contributed by atoms with van der Waals surface area (Å²) in [6.07, 6.45) is 0. The molecular formula is C21H22ClN3O2S. The zero-order valence-corrected chi connectivity index (χ0v) is 17.8. The lowest BCUT2D eigenvalue weighted by atomic mass is 10.0. The topological polar surface area (TPSA) is 57.0 Å². The molecule has 1 aromatic heterocycles. The van der Waals surface area contributed by atoms with Gasteiger partial charge < -0.3 is 9.30 Å². The molecule has 3 rings (SSSR count). The Morgan fingerprint density at radius 3 is 2.54 bits per heavy atom. The monoisotopic (exact) mass is 415 g/mol. The van der Waals surface area contributed by atoms with Crippen LogP contribution in [0.3, 0.4) is 0 Å². The summed E-state index contributed by atoms with van der Waals surface area (Å²) in [6.45, 7) is 6.22. The van der Waals surface area contributed by atoms with Crippen LogP contribution in [0.4, 0.5) is 0 Å². The molecular weight excluding hydrogens is 394 g/mol. The lowest BCUT2D eigenvalue weighted by Crippen LogP contribution is -2.15. The number of nitrogens with zero attached hydrogens (tertiary/aromatic N) is 3. The molecule has 0 amide bonds. The number of carbonyl (C=O) groups excluding carboxylic acids is 1. The highest BCUT2D eigenvalue weighted by Gasteiger charge is 2.20. The first-order chi connectivity index (χ1) is 13.3. The van der Waals surface area contributed by atoms with Gasteiger partial charge in [0.1, 0.15) is 12.4 Å². The molecule has 0 aliphatic carbocycles. The molecule has 0 radical (unpaired) electrons. The van der Waals surface area contributed by atoms with Gasteiger partial charge in [0.15, 0.2) is 16.8 Å². The van der Waals surface area contributed by atoms with E-state index in [0.717, 1.165) is 11.1 Å². The van der Waals surface area contributed by atoms with Crippen LogP contribution in [0.2, 0.25) is 5.02 Å². The number of ether oxygens (including phenoxy) is 1. The van der Waals surface area contributed by atoms with Crippen molar-refractivity contribution in [2.75, 3.05) is 0 Å². The van der Waals surface area contributed by atoms with Crippen LogP contribution in [-0.2, 0) is 13.7 Å². The van der Waals surface area contributed by atoms with Gasteiger partial charge in [-0.05, 0) is 62.2 Å². The predicted octanol–water partition coefficient (Wildman–Crippen LogP) is 5.03. The van der Waals surface area contributed by atoms with Gasteiger partial charge in [-0.1, -0.05) is 35.5 Å². The van der Waals surface area contributed by atoms with E-state index in [0.29, 0.717) is 21.8 Å². The standard InChI is InChI=1S/C21H22ClN3O2S/c1-13-5-6-16(11-14(13)2)20(26)15(3)28-21-24-23-19(25(21)4)12-27-18-9-7-17(22)8-10-18/h5-11,15H,12H2,1-4H3/t15-/m1/s1. The number of hydrogen-bond donors (Lipinski definition) is 0. The maximum absolute atomic E-state index is 12.8. The number of halogens is 1. The molecule has 0 saturated carbocycles. The van der Waals surface area contributed by atoms with Gasteiger partial charge >= 0.3 is 0 Å². The number of aromatic nitrogens is 3. The average Bonchev–Trinajstić information content (AvgIpc) is 3.02. The molecule has 0 aliphatic heterocycles. The van der Waals surface area contributed by atoms with Gasteiger partial charge in [0.25, 0.3) is 0 Å². The van der Waals surface area contributed by atoms with E-state index in [4.69, 9.17) is 16.3 Å². The van der Waals surface area contributed by atoms with Gasteiger partial charge in [0, 0.05) is 17.6 Å². The molecule has 1 heterocycles. The Balaban J connectivity index is 1.65. The van der Waals surface area contributed by atoms with Crippen molar-refractivity contribution in [2.45, 2.75) is 37.8 Å². The van der Waals surface area contributed by atoms with Crippen molar-refractivity contribution in [2.24, 2.45) is 7.05 Å². The van der Waals surface area contributed by atoms with E-state index in [2.05, 4.69) is 10.2 Å². The molecule has 5 nitrogen and oxygen atoms in total. The van der Waals surface area contributed by atoms with Gasteiger partial charge in [0.05, 0.1) is 5.25 Å². The first kappa shape index (κ1) is 20.4. The fraction of sp³-hybridized carbons (Fsp3) is 0.286. The lowest BCUT2D eigenvalue weighted by molar-refractivity contribution is 0.0993. The Hall–Kier alpha value is -2.31. The number of hydrogen-bond acceptors (Lipinski definition) is 5. The molecule has 0 spiro atoms. The average molecular weight is 416 g/mol. The zero-order valence-electron chi connectivity index (χ0n) is 16.3. The Bertz CT molecular complexity index is 986. The van der Waals surface area contributed by atoms with Crippen molar-refractivity contribution >= 4 is 29.1 Å². The number of aryl methyl sites for hydroxylation is 2. The Morgan fingerprint density at radius 2 is 1.86 bits per heavy atom. The number of Topliss-reactive ketones (excluding diaryl/α,β-unsaturated/α-hetero) is 1. The van der Waals surface area contributed by atoms with Gasteiger partial charge in [-0.25, -0.2) is 0 Å². The molecule has 0 aliphatic rings. The Morgan fingerprint density at radius 1 is 1.14 bits per heavy atom. The highest BCUT2D eigenvalue weighted by atomic mass is 35.5. The molecule has 0 unspecified atom stereocenters. The van der Waals surface area contributed by atoms with Crippen LogP contribution < -0.4 is 4.74 Å². The fourth-order valence-electron chi connectivity index (χ4n) is 2.59. The largest absolute Gasteiger partial charge is 0.486 e. The number of benzene rings is 2. The van der Waals surface area contributed by atoms with E-state index in [1.165, 1.54) is 17.3 Å². The highest BCUT2D eigenvalue weighted by Crippen LogP contribution is 2.25. The van der Waals surface area contributed by atoms with Crippen LogP contribution >= 0.6 is 23.4 Å². The van der Waals surface area contributed by atoms with E-state index in [9.17, 15) is 4.79 Å². The van der Waals surface area contributed by atoms with Crippen LogP contribution in [0.1, 0.15) is 34.2 Å². The molecule has 0 saturated heterocycles. The van der Waals surface area contributed by atoms with E-state index in [-0.39, 0.29) is 17.6 Å². The number of ketones is 1. The summed E-state index contributed by atoms with van der Waals surface area (Å²) in [5, 5.41) is 9.47. The summed E-state index contributed by atoms with van der Waals surface area (Å²) in [7, 11) is 1.87. The van der Waals surface area contributed by atoms with Crippen molar-refractivity contribution in [3.05, 3.63) is 70.0 Å². The van der Waals surface area contributed by atoms with Gasteiger partial charge in [-0.3, -0.25) is 4.79 Å². The number of rotatable bonds is 7. The molecule has 3 aromatic rings. The molecule has 0 fully saturated rings. The van der Waals surface area contributed by atoms with Gasteiger partial charge in [-0.15, -0.1) is 10.2 Å². The van der Waals surface area contributed by atoms with E-state index < -0.39 is 0 Å². The zero-order chi connectivity index (χ0) is 20.3. The summed E-state index contributed by atoms with van der Waals surface area (Å²) >= 11 is 7.27. The first-order valence-corrected chi connectivity index (χ1v) is 10.2. The second-order valence-electron chi connectivity index (χ2n) is 6.62. The van der Waals surface area contributed by atoms with Crippen molar-refractivity contribution in [3.63, 3.8) is 0 Å². The summed E-state index contributed by atoms with van der Waals surface area (Å²) in [5.74, 6) is 1.47. The van der Waals surface area contributed by atoms with E-state index in [1.54, 1.807) is 24.3 Å². The maximum atomic E-state index is 12.8. The second-order valence-corrected chi connectivity index (χ2v) is 8.37. The summed E-state index contributed by atoms with van der Waals surface area (Å²) in [5.41, 5.74) is 3.01. The van der Waals surface area contributed by atoms with Crippen molar-refractivity contribution in [1.82, 2.24) is 14.8 Å².